The first kappa shape index (κ1) is 18.0. The number of fused-ring (bicyclic) bond motifs is 1. The number of rotatable bonds is 4. The monoisotopic (exact) mass is 369 g/mol. The highest BCUT2D eigenvalue weighted by atomic mass is 32.1. The molecule has 26 heavy (non-hydrogen) atoms. The van der Waals surface area contributed by atoms with Gasteiger partial charge in [0.2, 0.25) is 5.91 Å². The molecule has 1 aromatic carbocycles. The highest BCUT2D eigenvalue weighted by molar-refractivity contribution is 7.17. The molecule has 3 rings (SSSR count). The number of benzene rings is 1. The lowest BCUT2D eigenvalue weighted by Gasteiger charge is -2.15. The SMILES string of the molecule is C=CC(=O)N(C)c1ccc(C(=O)Nc2nc3c(s2)C(=O)CCCC3)cc1. The normalized spacial score (nSPS) is 13.5. The van der Waals surface area contributed by atoms with E-state index < -0.39 is 0 Å². The number of anilines is 2. The smallest absolute Gasteiger partial charge is 0.257 e. The second kappa shape index (κ2) is 7.61. The second-order valence-corrected chi connectivity index (χ2v) is 7.03. The molecule has 134 valence electrons. The number of amides is 2. The van der Waals surface area contributed by atoms with E-state index in [0.717, 1.165) is 25.0 Å². The molecule has 1 heterocycles. The number of likely N-dealkylation sites (N-methyl/N-ethyl adjacent to an activating group) is 1. The van der Waals surface area contributed by atoms with Gasteiger partial charge in [0.05, 0.1) is 10.6 Å². The molecule has 0 unspecified atom stereocenters. The fraction of sp³-hybridized carbons (Fsp3) is 0.263. The Hall–Kier alpha value is -2.80. The van der Waals surface area contributed by atoms with Crippen molar-refractivity contribution in [1.29, 1.82) is 0 Å². The minimum absolute atomic E-state index is 0.106. The summed E-state index contributed by atoms with van der Waals surface area (Å²) in [5.74, 6) is -0.420. The molecular weight excluding hydrogens is 350 g/mol. The van der Waals surface area contributed by atoms with Crippen LogP contribution in [-0.4, -0.2) is 29.6 Å². The predicted octanol–water partition coefficient (Wildman–Crippen LogP) is 3.45. The molecule has 6 nitrogen and oxygen atoms in total. The molecule has 0 radical (unpaired) electrons. The van der Waals surface area contributed by atoms with Gasteiger partial charge in [-0.25, -0.2) is 4.98 Å². The third kappa shape index (κ3) is 3.72. The molecule has 2 amide bonds. The van der Waals surface area contributed by atoms with Crippen LogP contribution in [0, 0.1) is 0 Å². The van der Waals surface area contributed by atoms with Crippen LogP contribution in [0.2, 0.25) is 0 Å². The first-order valence-electron chi connectivity index (χ1n) is 8.34. The van der Waals surface area contributed by atoms with Crippen molar-refractivity contribution in [2.75, 3.05) is 17.3 Å². The third-order valence-corrected chi connectivity index (χ3v) is 5.31. The van der Waals surface area contributed by atoms with Crippen molar-refractivity contribution in [3.05, 3.63) is 53.1 Å². The van der Waals surface area contributed by atoms with Crippen LogP contribution in [0.15, 0.2) is 36.9 Å². The van der Waals surface area contributed by atoms with Gasteiger partial charge in [0.15, 0.2) is 10.9 Å². The van der Waals surface area contributed by atoms with Crippen molar-refractivity contribution in [2.24, 2.45) is 0 Å². The van der Waals surface area contributed by atoms with Crippen LogP contribution in [0.25, 0.3) is 0 Å². The number of carbonyl (C=O) groups excluding carboxylic acids is 3. The lowest BCUT2D eigenvalue weighted by atomic mass is 10.2. The number of thiazole rings is 1. The molecule has 2 aromatic rings. The van der Waals surface area contributed by atoms with Crippen molar-refractivity contribution in [3.8, 4) is 0 Å². The van der Waals surface area contributed by atoms with E-state index in [1.54, 1.807) is 31.3 Å². The number of nitrogens with zero attached hydrogens (tertiary/aromatic N) is 2. The maximum Gasteiger partial charge on any atom is 0.257 e. The summed E-state index contributed by atoms with van der Waals surface area (Å²) in [6.45, 7) is 3.45. The van der Waals surface area contributed by atoms with E-state index in [2.05, 4.69) is 16.9 Å². The van der Waals surface area contributed by atoms with E-state index in [1.807, 2.05) is 0 Å². The Morgan fingerprint density at radius 2 is 1.92 bits per heavy atom. The highest BCUT2D eigenvalue weighted by Crippen LogP contribution is 2.29. The Labute approximate surface area is 155 Å². The molecule has 0 atom stereocenters. The average molecular weight is 369 g/mol. The van der Waals surface area contributed by atoms with Crippen LogP contribution >= 0.6 is 11.3 Å². The summed E-state index contributed by atoms with van der Waals surface area (Å²) in [7, 11) is 1.64. The van der Waals surface area contributed by atoms with Gasteiger partial charge in [-0.1, -0.05) is 17.9 Å². The Balaban J connectivity index is 1.72. The topological polar surface area (TPSA) is 79.4 Å². The molecule has 0 aliphatic heterocycles. The molecular formula is C19H19N3O3S. The van der Waals surface area contributed by atoms with Crippen molar-refractivity contribution in [3.63, 3.8) is 0 Å². The van der Waals surface area contributed by atoms with Gasteiger partial charge < -0.3 is 4.90 Å². The van der Waals surface area contributed by atoms with Crippen LogP contribution < -0.4 is 10.2 Å². The molecule has 1 N–H and O–H groups in total. The lowest BCUT2D eigenvalue weighted by molar-refractivity contribution is -0.113. The largest absolute Gasteiger partial charge is 0.312 e. The van der Waals surface area contributed by atoms with Crippen LogP contribution in [-0.2, 0) is 11.2 Å². The van der Waals surface area contributed by atoms with Gasteiger partial charge >= 0.3 is 0 Å². The zero-order chi connectivity index (χ0) is 18.7. The Morgan fingerprint density at radius 3 is 2.62 bits per heavy atom. The number of aryl methyl sites for hydroxylation is 1. The van der Waals surface area contributed by atoms with E-state index in [-0.39, 0.29) is 17.6 Å². The summed E-state index contributed by atoms with van der Waals surface area (Å²) < 4.78 is 0. The first-order valence-corrected chi connectivity index (χ1v) is 9.15. The molecule has 1 aliphatic rings. The molecule has 0 spiro atoms. The molecule has 1 aliphatic carbocycles. The highest BCUT2D eigenvalue weighted by Gasteiger charge is 2.21. The Bertz CT molecular complexity index is 871. The van der Waals surface area contributed by atoms with Crippen molar-refractivity contribution in [2.45, 2.75) is 25.7 Å². The maximum atomic E-state index is 12.4. The van der Waals surface area contributed by atoms with Crippen molar-refractivity contribution in [1.82, 2.24) is 4.98 Å². The number of aromatic nitrogens is 1. The number of Topliss-reactive ketones (excluding diaryl/α,β-unsaturated/α-hetero) is 1. The third-order valence-electron chi connectivity index (χ3n) is 4.26. The molecule has 0 saturated carbocycles. The van der Waals surface area contributed by atoms with Gasteiger partial charge in [0.25, 0.3) is 5.91 Å². The molecule has 7 heteroatoms. The lowest BCUT2D eigenvalue weighted by Crippen LogP contribution is -2.23. The van der Waals surface area contributed by atoms with Crippen LogP contribution in [0.3, 0.4) is 0 Å². The first-order chi connectivity index (χ1) is 12.5. The molecule has 0 saturated heterocycles. The summed E-state index contributed by atoms with van der Waals surface area (Å²) in [5.41, 5.74) is 1.90. The fourth-order valence-electron chi connectivity index (χ4n) is 2.75. The van der Waals surface area contributed by atoms with Gasteiger partial charge in [-0.3, -0.25) is 19.7 Å². The molecule has 1 aromatic heterocycles. The number of ketones is 1. The predicted molar refractivity (Wildman–Crippen MR) is 102 cm³/mol. The summed E-state index contributed by atoms with van der Waals surface area (Å²) in [5, 5.41) is 3.20. The Morgan fingerprint density at radius 1 is 1.23 bits per heavy atom. The fourth-order valence-corrected chi connectivity index (χ4v) is 3.73. The van der Waals surface area contributed by atoms with Crippen LogP contribution in [0.5, 0.6) is 0 Å². The minimum Gasteiger partial charge on any atom is -0.312 e. The van der Waals surface area contributed by atoms with Crippen LogP contribution in [0.1, 0.15) is 45.0 Å². The number of carbonyl (C=O) groups is 3. The summed E-state index contributed by atoms with van der Waals surface area (Å²) in [4.78, 5) is 42.6. The van der Waals surface area contributed by atoms with E-state index in [4.69, 9.17) is 0 Å². The molecule has 0 bridgehead atoms. The van der Waals surface area contributed by atoms with Crippen molar-refractivity contribution < 1.29 is 14.4 Å². The van der Waals surface area contributed by atoms with E-state index in [1.165, 1.54) is 22.3 Å². The maximum absolute atomic E-state index is 12.4. The second-order valence-electron chi connectivity index (χ2n) is 6.03. The quantitative estimate of drug-likeness (QED) is 0.661. The number of hydrogen-bond donors (Lipinski definition) is 1. The van der Waals surface area contributed by atoms with Gasteiger partial charge in [-0.15, -0.1) is 0 Å². The van der Waals surface area contributed by atoms with E-state index in [9.17, 15) is 14.4 Å². The van der Waals surface area contributed by atoms with E-state index in [0.29, 0.717) is 27.7 Å². The molecule has 0 fully saturated rings. The van der Waals surface area contributed by atoms with Crippen molar-refractivity contribution >= 4 is 39.8 Å². The average Bonchev–Trinajstić information content (AvgIpc) is 2.98. The van der Waals surface area contributed by atoms with Crippen LogP contribution in [0.4, 0.5) is 10.8 Å². The van der Waals surface area contributed by atoms with E-state index >= 15 is 0 Å². The summed E-state index contributed by atoms with van der Waals surface area (Å²) >= 11 is 1.24. The standard InChI is InChI=1S/C19H19N3O3S/c1-3-16(24)22(2)13-10-8-12(9-11-13)18(25)21-19-20-14-6-4-5-7-15(23)17(14)26-19/h3,8-11H,1,4-7H2,2H3,(H,20,21,25). The van der Waals surface area contributed by atoms with Gasteiger partial charge in [0, 0.05) is 24.7 Å². The number of hydrogen-bond acceptors (Lipinski definition) is 5. The van der Waals surface area contributed by atoms with Gasteiger partial charge in [-0.2, -0.15) is 0 Å². The van der Waals surface area contributed by atoms with Gasteiger partial charge in [-0.05, 0) is 49.6 Å². The van der Waals surface area contributed by atoms with Gasteiger partial charge in [0.1, 0.15) is 0 Å². The number of nitrogens with one attached hydrogen (secondary N) is 1. The zero-order valence-corrected chi connectivity index (χ0v) is 15.3. The summed E-state index contributed by atoms with van der Waals surface area (Å²) in [6.07, 6.45) is 4.37. The Kier molecular flexibility index (Phi) is 5.27. The minimum atomic E-state index is -0.300. The summed E-state index contributed by atoms with van der Waals surface area (Å²) in [6, 6.07) is 6.66. The zero-order valence-electron chi connectivity index (χ0n) is 14.4.